The van der Waals surface area contributed by atoms with Gasteiger partial charge in [0, 0.05) is 25.7 Å². The molecule has 1 aromatic carbocycles. The summed E-state index contributed by atoms with van der Waals surface area (Å²) >= 11 is 0. The van der Waals surface area contributed by atoms with E-state index in [1.165, 1.54) is 12.1 Å². The number of hydrogen-bond donors (Lipinski definition) is 1. The Morgan fingerprint density at radius 2 is 2.08 bits per heavy atom. The van der Waals surface area contributed by atoms with Crippen molar-refractivity contribution in [1.29, 1.82) is 5.26 Å². The molecule has 26 heavy (non-hydrogen) atoms. The van der Waals surface area contributed by atoms with Crippen LogP contribution in [0.25, 0.3) is 0 Å². The topological polar surface area (TPSA) is 48.3 Å². The fraction of sp³-hybridized carbons (Fsp3) is 0.650. The number of nitrogens with zero attached hydrogens (tertiary/aromatic N) is 2. The Morgan fingerprint density at radius 3 is 2.65 bits per heavy atom. The highest BCUT2D eigenvalue weighted by Gasteiger charge is 2.40. The summed E-state index contributed by atoms with van der Waals surface area (Å²) in [5.41, 5.74) is 1.18. The number of hydrogen-bond acceptors (Lipinski definition) is 4. The average molecular weight is 378 g/mol. The van der Waals surface area contributed by atoms with Crippen molar-refractivity contribution in [3.8, 4) is 6.07 Å². The highest BCUT2D eigenvalue weighted by atomic mass is 28.4. The van der Waals surface area contributed by atoms with Gasteiger partial charge < -0.3 is 9.74 Å². The van der Waals surface area contributed by atoms with Crippen molar-refractivity contribution < 1.29 is 8.82 Å². The first kappa shape index (κ1) is 21.0. The third-order valence-corrected chi connectivity index (χ3v) is 10.3. The quantitative estimate of drug-likeness (QED) is 0.760. The van der Waals surface area contributed by atoms with Crippen molar-refractivity contribution in [2.45, 2.75) is 57.5 Å². The molecule has 1 N–H and O–H groups in total. The molecule has 0 spiro atoms. The van der Waals surface area contributed by atoms with Gasteiger partial charge in [0.2, 0.25) is 0 Å². The summed E-state index contributed by atoms with van der Waals surface area (Å²) in [5, 5.41) is 12.5. The molecule has 1 fully saturated rings. The first-order valence-electron chi connectivity index (χ1n) is 9.34. The summed E-state index contributed by atoms with van der Waals surface area (Å²) in [6.07, 6.45) is 1.31. The fourth-order valence-corrected chi connectivity index (χ4v) is 4.53. The zero-order valence-corrected chi connectivity index (χ0v) is 17.9. The van der Waals surface area contributed by atoms with Crippen molar-refractivity contribution in [2.24, 2.45) is 0 Å². The van der Waals surface area contributed by atoms with Crippen LogP contribution < -0.4 is 5.32 Å². The van der Waals surface area contributed by atoms with Crippen molar-refractivity contribution in [2.75, 3.05) is 26.7 Å². The minimum Gasteiger partial charge on any atom is -0.413 e. The van der Waals surface area contributed by atoms with E-state index in [9.17, 15) is 4.39 Å². The highest BCUT2D eigenvalue weighted by molar-refractivity contribution is 6.74. The predicted octanol–water partition coefficient (Wildman–Crippen LogP) is 4.05. The van der Waals surface area contributed by atoms with Crippen LogP contribution in [0, 0.1) is 17.1 Å². The van der Waals surface area contributed by atoms with E-state index < -0.39 is 8.32 Å². The van der Waals surface area contributed by atoms with Gasteiger partial charge in [0.15, 0.2) is 8.32 Å². The smallest absolute Gasteiger partial charge is 0.192 e. The maximum absolute atomic E-state index is 13.8. The molecule has 1 aliphatic rings. The first-order valence-corrected chi connectivity index (χ1v) is 12.2. The van der Waals surface area contributed by atoms with E-state index in [4.69, 9.17) is 9.69 Å². The number of nitriles is 1. The molecule has 1 heterocycles. The second-order valence-corrected chi connectivity index (χ2v) is 13.5. The molecule has 2 rings (SSSR count). The number of nitrogens with one attached hydrogen (secondary N) is 1. The molecule has 6 heteroatoms. The Labute approximate surface area is 158 Å². The maximum atomic E-state index is 13.8. The van der Waals surface area contributed by atoms with Crippen molar-refractivity contribution in [3.05, 3.63) is 35.1 Å². The fourth-order valence-electron chi connectivity index (χ4n) is 3.15. The summed E-state index contributed by atoms with van der Waals surface area (Å²) in [6, 6.07) is 6.58. The molecule has 0 aliphatic carbocycles. The Balaban J connectivity index is 2.01. The van der Waals surface area contributed by atoms with E-state index >= 15 is 0 Å². The molecule has 2 atom stereocenters. The Morgan fingerprint density at radius 1 is 1.38 bits per heavy atom. The summed E-state index contributed by atoms with van der Waals surface area (Å²) in [7, 11) is 0.117. The summed E-state index contributed by atoms with van der Waals surface area (Å²) < 4.78 is 20.3. The summed E-state index contributed by atoms with van der Waals surface area (Å²) in [6.45, 7) is 14.1. The highest BCUT2D eigenvalue weighted by Crippen LogP contribution is 2.38. The van der Waals surface area contributed by atoms with E-state index in [0.717, 1.165) is 31.6 Å². The molecule has 1 saturated heterocycles. The Hall–Kier alpha value is -1.26. The third kappa shape index (κ3) is 5.14. The number of rotatable bonds is 6. The summed E-state index contributed by atoms with van der Waals surface area (Å²) in [4.78, 5) is 2.37. The molecular weight excluding hydrogens is 345 g/mol. The predicted molar refractivity (Wildman–Crippen MR) is 106 cm³/mol. The van der Waals surface area contributed by atoms with Gasteiger partial charge in [-0.2, -0.15) is 5.26 Å². The van der Waals surface area contributed by atoms with Crippen LogP contribution in [-0.4, -0.2) is 46.0 Å². The molecule has 0 radical (unpaired) electrons. The van der Waals surface area contributed by atoms with Gasteiger partial charge in [-0.3, -0.25) is 4.90 Å². The van der Waals surface area contributed by atoms with Gasteiger partial charge in [0.05, 0.1) is 17.7 Å². The molecule has 0 saturated carbocycles. The van der Waals surface area contributed by atoms with E-state index in [1.54, 1.807) is 6.07 Å². The van der Waals surface area contributed by atoms with E-state index in [2.05, 4.69) is 44.1 Å². The number of likely N-dealkylation sites (N-methyl/N-ethyl adjacent to an activating group) is 1. The third-order valence-electron chi connectivity index (χ3n) is 5.74. The van der Waals surface area contributed by atoms with Crippen molar-refractivity contribution in [3.63, 3.8) is 0 Å². The second kappa shape index (κ2) is 8.18. The normalized spacial score (nSPS) is 20.2. The number of benzene rings is 1. The van der Waals surface area contributed by atoms with Crippen LogP contribution in [0.3, 0.4) is 0 Å². The zero-order valence-electron chi connectivity index (χ0n) is 16.9. The van der Waals surface area contributed by atoms with Gasteiger partial charge >= 0.3 is 0 Å². The lowest BCUT2D eigenvalue weighted by Crippen LogP contribution is -2.44. The SMILES string of the molecule is CN[C@H](CN1CC[C@H](O[Si](C)(C)C(C)(C)C)C1)c1cc(F)cc(C#N)c1. The first-order chi connectivity index (χ1) is 12.1. The van der Waals surface area contributed by atoms with Crippen molar-refractivity contribution >= 4 is 8.32 Å². The number of halogens is 1. The van der Waals surface area contributed by atoms with Crippen LogP contribution in [0.15, 0.2) is 18.2 Å². The van der Waals surface area contributed by atoms with Gasteiger partial charge in [-0.1, -0.05) is 20.8 Å². The largest absolute Gasteiger partial charge is 0.413 e. The molecule has 0 aromatic heterocycles. The standard InChI is InChI=1S/C20H32FN3OSi/c1-20(2,3)26(5,6)25-18-7-8-24(13-18)14-19(23-4)16-9-15(12-22)10-17(21)11-16/h9-11,18-19,23H,7-8,13-14H2,1-6H3/t18-,19+/m0/s1. The van der Waals surface area contributed by atoms with E-state index in [1.807, 2.05) is 13.1 Å². The Bertz CT molecular complexity index is 666. The molecule has 1 aromatic rings. The van der Waals surface area contributed by atoms with Crippen LogP contribution in [0.4, 0.5) is 4.39 Å². The van der Waals surface area contributed by atoms with Crippen LogP contribution in [0.2, 0.25) is 18.1 Å². The average Bonchev–Trinajstić information content (AvgIpc) is 2.97. The van der Waals surface area contributed by atoms with Gasteiger partial charge in [0.1, 0.15) is 5.82 Å². The van der Waals surface area contributed by atoms with Gasteiger partial charge in [-0.05, 0) is 55.4 Å². The van der Waals surface area contributed by atoms with Crippen LogP contribution in [-0.2, 0) is 4.43 Å². The van der Waals surface area contributed by atoms with Crippen LogP contribution in [0.1, 0.15) is 44.4 Å². The lowest BCUT2D eigenvalue weighted by atomic mass is 10.0. The van der Waals surface area contributed by atoms with Gasteiger partial charge in [-0.15, -0.1) is 0 Å². The summed E-state index contributed by atoms with van der Waals surface area (Å²) in [5.74, 6) is -0.361. The molecule has 0 unspecified atom stereocenters. The molecule has 0 amide bonds. The lowest BCUT2D eigenvalue weighted by molar-refractivity contribution is 0.177. The monoisotopic (exact) mass is 377 g/mol. The zero-order chi connectivity index (χ0) is 19.5. The van der Waals surface area contributed by atoms with Gasteiger partial charge in [0.25, 0.3) is 0 Å². The molecule has 0 bridgehead atoms. The van der Waals surface area contributed by atoms with Crippen molar-refractivity contribution in [1.82, 2.24) is 10.2 Å². The number of likely N-dealkylation sites (tertiary alicyclic amines) is 1. The molecule has 144 valence electrons. The molecular formula is C20H32FN3OSi. The van der Waals surface area contributed by atoms with E-state index in [-0.39, 0.29) is 23.0 Å². The molecule has 1 aliphatic heterocycles. The lowest BCUT2D eigenvalue weighted by Gasteiger charge is -2.38. The Kier molecular flexibility index (Phi) is 6.62. The second-order valence-electron chi connectivity index (χ2n) is 8.77. The van der Waals surface area contributed by atoms with Gasteiger partial charge in [-0.25, -0.2) is 4.39 Å². The minimum atomic E-state index is -1.76. The maximum Gasteiger partial charge on any atom is 0.192 e. The van der Waals surface area contributed by atoms with E-state index in [0.29, 0.717) is 5.56 Å². The molecule has 4 nitrogen and oxygen atoms in total. The minimum absolute atomic E-state index is 0.00980. The van der Waals surface area contributed by atoms with Crippen LogP contribution in [0.5, 0.6) is 0 Å². The van der Waals surface area contributed by atoms with Crippen LogP contribution >= 0.6 is 0 Å².